The molecule has 0 saturated heterocycles. The number of rotatable bonds is 5. The Bertz CT molecular complexity index is 513. The van der Waals surface area contributed by atoms with Crippen LogP contribution in [-0.2, 0) is 4.74 Å². The number of pyridine rings is 1. The van der Waals surface area contributed by atoms with Crippen LogP contribution in [0.5, 0.6) is 5.75 Å². The minimum absolute atomic E-state index is 0.163. The van der Waals surface area contributed by atoms with Gasteiger partial charge in [-0.3, -0.25) is 4.98 Å². The highest BCUT2D eigenvalue weighted by molar-refractivity contribution is 9.10. The van der Waals surface area contributed by atoms with Crippen LogP contribution < -0.4 is 4.74 Å². The number of halogens is 1. The van der Waals surface area contributed by atoms with E-state index in [1.807, 2.05) is 0 Å². The van der Waals surface area contributed by atoms with E-state index in [0.29, 0.717) is 11.3 Å². The van der Waals surface area contributed by atoms with Crippen LogP contribution in [0.4, 0.5) is 0 Å². The van der Waals surface area contributed by atoms with E-state index in [0.717, 1.165) is 4.47 Å². The van der Waals surface area contributed by atoms with Crippen molar-refractivity contribution in [3.05, 3.63) is 47.1 Å². The number of carbonyl (C=O) groups excluding carboxylic acids is 1. The number of furan rings is 1. The average Bonchev–Trinajstić information content (AvgIpc) is 2.88. The van der Waals surface area contributed by atoms with E-state index in [2.05, 4.69) is 20.9 Å². The van der Waals surface area contributed by atoms with Crippen molar-refractivity contribution in [2.45, 2.75) is 0 Å². The molecule has 94 valence electrons. The summed E-state index contributed by atoms with van der Waals surface area (Å²) in [7, 11) is 0. The van der Waals surface area contributed by atoms with Gasteiger partial charge in [0.25, 0.3) is 0 Å². The highest BCUT2D eigenvalue weighted by atomic mass is 79.9. The van der Waals surface area contributed by atoms with Gasteiger partial charge in [0.1, 0.15) is 25.2 Å². The van der Waals surface area contributed by atoms with Crippen molar-refractivity contribution in [1.82, 2.24) is 4.98 Å². The first kappa shape index (κ1) is 12.6. The molecular weight excluding hydrogens is 302 g/mol. The van der Waals surface area contributed by atoms with Crippen LogP contribution in [0.1, 0.15) is 10.4 Å². The lowest BCUT2D eigenvalue weighted by atomic mass is 10.3. The van der Waals surface area contributed by atoms with Crippen LogP contribution in [0.15, 0.2) is 45.9 Å². The number of nitrogens with zero attached hydrogens (tertiary/aromatic N) is 1. The summed E-state index contributed by atoms with van der Waals surface area (Å²) in [5.74, 6) is 0.184. The molecule has 0 aromatic carbocycles. The van der Waals surface area contributed by atoms with Crippen molar-refractivity contribution in [3.8, 4) is 5.75 Å². The van der Waals surface area contributed by atoms with Gasteiger partial charge < -0.3 is 13.9 Å². The van der Waals surface area contributed by atoms with Crippen molar-refractivity contribution < 1.29 is 18.7 Å². The maximum Gasteiger partial charge on any atom is 0.341 e. The highest BCUT2D eigenvalue weighted by Crippen LogP contribution is 2.15. The number of ether oxygens (including phenoxy) is 2. The van der Waals surface area contributed by atoms with Crippen LogP contribution in [0.3, 0.4) is 0 Å². The van der Waals surface area contributed by atoms with Crippen LogP contribution in [0, 0.1) is 0 Å². The van der Waals surface area contributed by atoms with Gasteiger partial charge in [-0.1, -0.05) is 0 Å². The monoisotopic (exact) mass is 311 g/mol. The van der Waals surface area contributed by atoms with Crippen molar-refractivity contribution in [1.29, 1.82) is 0 Å². The molecule has 18 heavy (non-hydrogen) atoms. The van der Waals surface area contributed by atoms with Gasteiger partial charge in [-0.2, -0.15) is 0 Å². The van der Waals surface area contributed by atoms with E-state index in [-0.39, 0.29) is 13.2 Å². The Labute approximate surface area is 112 Å². The smallest absolute Gasteiger partial charge is 0.341 e. The van der Waals surface area contributed by atoms with Crippen molar-refractivity contribution >= 4 is 21.9 Å². The molecule has 0 N–H and O–H groups in total. The Hall–Kier alpha value is -1.82. The molecule has 5 nitrogen and oxygen atoms in total. The van der Waals surface area contributed by atoms with Gasteiger partial charge in [-0.25, -0.2) is 4.79 Å². The fourth-order valence-electron chi connectivity index (χ4n) is 1.23. The zero-order valence-corrected chi connectivity index (χ0v) is 10.9. The van der Waals surface area contributed by atoms with E-state index >= 15 is 0 Å². The van der Waals surface area contributed by atoms with Gasteiger partial charge >= 0.3 is 5.97 Å². The fourth-order valence-corrected chi connectivity index (χ4v) is 1.57. The molecule has 0 spiro atoms. The van der Waals surface area contributed by atoms with Gasteiger partial charge in [-0.15, -0.1) is 0 Å². The largest absolute Gasteiger partial charge is 0.488 e. The minimum Gasteiger partial charge on any atom is -0.488 e. The van der Waals surface area contributed by atoms with Crippen LogP contribution in [-0.4, -0.2) is 24.2 Å². The fraction of sp³-hybridized carbons (Fsp3) is 0.167. The summed E-state index contributed by atoms with van der Waals surface area (Å²) >= 11 is 3.28. The van der Waals surface area contributed by atoms with Crippen molar-refractivity contribution in [2.24, 2.45) is 0 Å². The molecule has 0 atom stereocenters. The second kappa shape index (κ2) is 6.20. The standard InChI is InChI=1S/C12H10BrNO4/c13-10-5-11(7-14-6-10)17-3-4-18-12(15)9-1-2-16-8-9/h1-2,5-8H,3-4H2. The first-order valence-corrected chi connectivity index (χ1v) is 5.97. The Morgan fingerprint density at radius 1 is 1.39 bits per heavy atom. The summed E-state index contributed by atoms with van der Waals surface area (Å²) in [4.78, 5) is 15.4. The molecule has 0 aliphatic rings. The summed E-state index contributed by atoms with van der Waals surface area (Å²) in [6.07, 6.45) is 6.00. The molecular formula is C12H10BrNO4. The molecule has 2 heterocycles. The van der Waals surface area contributed by atoms with Gasteiger partial charge in [0.15, 0.2) is 0 Å². The van der Waals surface area contributed by atoms with Crippen molar-refractivity contribution in [3.63, 3.8) is 0 Å². The zero-order valence-electron chi connectivity index (χ0n) is 9.34. The molecule has 0 saturated carbocycles. The Morgan fingerprint density at radius 2 is 2.28 bits per heavy atom. The quantitative estimate of drug-likeness (QED) is 0.627. The van der Waals surface area contributed by atoms with E-state index in [4.69, 9.17) is 13.9 Å². The summed E-state index contributed by atoms with van der Waals surface area (Å²) in [5.41, 5.74) is 0.388. The molecule has 0 bridgehead atoms. The maximum absolute atomic E-state index is 11.4. The molecule has 2 rings (SSSR count). The molecule has 2 aromatic rings. The molecule has 0 amide bonds. The van der Waals surface area contributed by atoms with Gasteiger partial charge in [0, 0.05) is 10.7 Å². The second-order valence-electron chi connectivity index (χ2n) is 3.34. The SMILES string of the molecule is O=C(OCCOc1cncc(Br)c1)c1ccoc1. The number of aromatic nitrogens is 1. The number of hydrogen-bond donors (Lipinski definition) is 0. The lowest BCUT2D eigenvalue weighted by Crippen LogP contribution is -2.11. The summed E-state index contributed by atoms with van der Waals surface area (Å²) in [6, 6.07) is 3.33. The molecule has 0 unspecified atom stereocenters. The molecule has 0 fully saturated rings. The van der Waals surface area contributed by atoms with Gasteiger partial charge in [-0.05, 0) is 28.1 Å². The van der Waals surface area contributed by atoms with E-state index < -0.39 is 5.97 Å². The van der Waals surface area contributed by atoms with Gasteiger partial charge in [0.05, 0.1) is 18.0 Å². The molecule has 6 heteroatoms. The lowest BCUT2D eigenvalue weighted by Gasteiger charge is -2.06. The molecule has 0 radical (unpaired) electrons. The van der Waals surface area contributed by atoms with Gasteiger partial charge in [0.2, 0.25) is 0 Å². The predicted octanol–water partition coefficient (Wildman–Crippen LogP) is 2.67. The lowest BCUT2D eigenvalue weighted by molar-refractivity contribution is 0.0449. The average molecular weight is 312 g/mol. The maximum atomic E-state index is 11.4. The second-order valence-corrected chi connectivity index (χ2v) is 4.25. The van der Waals surface area contributed by atoms with Crippen LogP contribution >= 0.6 is 15.9 Å². The molecule has 2 aromatic heterocycles. The highest BCUT2D eigenvalue weighted by Gasteiger charge is 2.07. The normalized spacial score (nSPS) is 10.1. The van der Waals surface area contributed by atoms with Crippen LogP contribution in [0.25, 0.3) is 0 Å². The van der Waals surface area contributed by atoms with E-state index in [1.165, 1.54) is 12.5 Å². The van der Waals surface area contributed by atoms with Crippen LogP contribution in [0.2, 0.25) is 0 Å². The Balaban J connectivity index is 1.72. The predicted molar refractivity (Wildman–Crippen MR) is 66.4 cm³/mol. The third-order valence-corrected chi connectivity index (χ3v) is 2.46. The third kappa shape index (κ3) is 3.59. The summed E-state index contributed by atoms with van der Waals surface area (Å²) in [6.45, 7) is 0.429. The van der Waals surface area contributed by atoms with Crippen molar-refractivity contribution in [2.75, 3.05) is 13.2 Å². The Morgan fingerprint density at radius 3 is 3.00 bits per heavy atom. The zero-order chi connectivity index (χ0) is 12.8. The number of hydrogen-bond acceptors (Lipinski definition) is 5. The molecule has 0 aliphatic heterocycles. The molecule has 0 aliphatic carbocycles. The van der Waals surface area contributed by atoms with E-state index in [1.54, 1.807) is 24.5 Å². The number of esters is 1. The third-order valence-electron chi connectivity index (χ3n) is 2.02. The number of carbonyl (C=O) groups is 1. The summed E-state index contributed by atoms with van der Waals surface area (Å²) < 4.78 is 16.0. The summed E-state index contributed by atoms with van der Waals surface area (Å²) in [5, 5.41) is 0. The minimum atomic E-state index is -0.431. The Kier molecular flexibility index (Phi) is 4.35. The van der Waals surface area contributed by atoms with E-state index in [9.17, 15) is 4.79 Å². The topological polar surface area (TPSA) is 61.6 Å². The first-order valence-electron chi connectivity index (χ1n) is 5.18. The first-order chi connectivity index (χ1) is 8.75.